The number of carboxylic acid groups (broad SMARTS) is 3. The quantitative estimate of drug-likeness (QED) is 0.269. The summed E-state index contributed by atoms with van der Waals surface area (Å²) in [5, 5.41) is 30.9. The molecule has 3 aliphatic rings. The second kappa shape index (κ2) is 10.5. The summed E-state index contributed by atoms with van der Waals surface area (Å²) in [4.78, 5) is 30.9. The Morgan fingerprint density at radius 2 is 0.750 bits per heavy atom. The molecule has 6 nitrogen and oxygen atoms in total. The predicted octanol–water partition coefficient (Wildman–Crippen LogP) is -0.498. The fourth-order valence-electron chi connectivity index (χ4n) is 2.44. The molecule has 10 heteroatoms. The van der Waals surface area contributed by atoms with Gasteiger partial charge in [-0.1, -0.05) is 0 Å². The average Bonchev–Trinajstić information content (AvgIpc) is 3.44. The van der Waals surface area contributed by atoms with Crippen molar-refractivity contribution in [2.75, 3.05) is 0 Å². The normalized spacial score (nSPS) is 24.2. The van der Waals surface area contributed by atoms with Crippen LogP contribution in [-0.2, 0) is 36.8 Å². The zero-order chi connectivity index (χ0) is 21.2. The summed E-state index contributed by atoms with van der Waals surface area (Å²) in [7, 11) is 0. The number of carbonyl (C=O) groups excluding carboxylic acids is 3. The summed E-state index contributed by atoms with van der Waals surface area (Å²) in [5.41, 5.74) is 0. The van der Waals surface area contributed by atoms with Crippen molar-refractivity contribution in [3.63, 3.8) is 0 Å². The molecule has 0 aromatic rings. The maximum Gasteiger partial charge on any atom is 3.00 e. The van der Waals surface area contributed by atoms with E-state index < -0.39 is 32.1 Å². The van der Waals surface area contributed by atoms with Crippen molar-refractivity contribution in [2.24, 2.45) is 17.8 Å². The minimum absolute atomic E-state index is 0. The smallest absolute Gasteiger partial charge is 0.549 e. The van der Waals surface area contributed by atoms with Gasteiger partial charge in [-0.15, -0.1) is 0 Å². The topological polar surface area (TPSA) is 120 Å². The van der Waals surface area contributed by atoms with Gasteiger partial charge in [0.25, 0.3) is 0 Å². The van der Waals surface area contributed by atoms with E-state index in [1.54, 1.807) is 20.8 Å². The molecule has 164 valence electrons. The van der Waals surface area contributed by atoms with Gasteiger partial charge in [0.05, 0.1) is 32.1 Å². The zero-order valence-electron chi connectivity index (χ0n) is 16.1. The number of hydrogen-bond acceptors (Lipinski definition) is 9. The van der Waals surface area contributed by atoms with E-state index in [4.69, 9.17) is 0 Å². The van der Waals surface area contributed by atoms with Crippen LogP contribution in [-0.4, -0.2) is 32.1 Å². The molecule has 0 aromatic heterocycles. The Morgan fingerprint density at radius 3 is 0.786 bits per heavy atom. The molecular weight excluding hydrogens is 605 g/mol. The number of carboxylic acids is 3. The van der Waals surface area contributed by atoms with Crippen molar-refractivity contribution in [2.45, 2.75) is 73.5 Å². The van der Waals surface area contributed by atoms with Gasteiger partial charge >= 0.3 is 22.4 Å². The van der Waals surface area contributed by atoms with Crippen molar-refractivity contribution in [3.05, 3.63) is 0 Å². The van der Waals surface area contributed by atoms with Gasteiger partial charge in [-0.3, -0.25) is 0 Å². The van der Waals surface area contributed by atoms with Gasteiger partial charge in [0, 0.05) is 0 Å². The molecule has 28 heavy (non-hydrogen) atoms. The van der Waals surface area contributed by atoms with Crippen LogP contribution in [0.5, 0.6) is 0 Å². The molecule has 3 aliphatic carbocycles. The van der Waals surface area contributed by atoms with Gasteiger partial charge in [0.15, 0.2) is 0 Å². The van der Waals surface area contributed by atoms with Crippen molar-refractivity contribution in [3.8, 4) is 0 Å². The molecule has 0 N–H and O–H groups in total. The molecule has 0 heterocycles. The monoisotopic (exact) mass is 632 g/mol. The van der Waals surface area contributed by atoms with E-state index in [0.717, 1.165) is 38.5 Å². The van der Waals surface area contributed by atoms with Crippen LogP contribution in [0.25, 0.3) is 0 Å². The summed E-state index contributed by atoms with van der Waals surface area (Å²) in [6, 6.07) is 0. The van der Waals surface area contributed by atoms with Crippen LogP contribution < -0.4 is 15.3 Å². The molecule has 3 unspecified atom stereocenters. The van der Waals surface area contributed by atoms with Crippen molar-refractivity contribution < 1.29 is 52.1 Å². The van der Waals surface area contributed by atoms with Crippen molar-refractivity contribution in [1.29, 1.82) is 0 Å². The predicted molar refractivity (Wildman–Crippen MR) is 105 cm³/mol. The average molecular weight is 633 g/mol. The standard InChI is InChI=1S/3C6H10O2S.Au/c3*1-6(9,5(7)8)4-2-3-4;/h3*4,9H,2-3H2,1H3,(H,7,8);/q;;;+3/p-3. The molecule has 3 saturated carbocycles. The third-order valence-corrected chi connectivity index (χ3v) is 7.00. The SMILES string of the molecule is CC(S)(C(=O)[O-])C1CC1.CC(S)(C(=O)[O-])C1CC1.CC(S)(C(=O)[O-])C1CC1.[Au+3]. The van der Waals surface area contributed by atoms with Gasteiger partial charge in [0.1, 0.15) is 0 Å². The molecule has 3 atom stereocenters. The van der Waals surface area contributed by atoms with Gasteiger partial charge in [-0.25, -0.2) is 0 Å². The molecule has 0 bridgehead atoms. The first-order valence-electron chi connectivity index (χ1n) is 8.96. The third kappa shape index (κ3) is 8.14. The Hall–Kier alpha value is 0.200. The Kier molecular flexibility index (Phi) is 10.6. The Balaban J connectivity index is 0.000000384. The van der Waals surface area contributed by atoms with Gasteiger partial charge in [-0.05, 0) is 77.0 Å². The van der Waals surface area contributed by atoms with E-state index in [2.05, 4.69) is 37.9 Å². The maximum atomic E-state index is 10.3. The third-order valence-electron chi connectivity index (χ3n) is 5.36. The molecule has 0 amide bonds. The molecular formula is C18H27AuO6S3. The largest absolute Gasteiger partial charge is 3.00 e. The van der Waals surface area contributed by atoms with Crippen LogP contribution in [0, 0.1) is 17.8 Å². The second-order valence-corrected chi connectivity index (χ2v) is 10.9. The first kappa shape index (κ1) is 28.2. The number of rotatable bonds is 6. The minimum atomic E-state index is -1.05. The number of carbonyl (C=O) groups is 3. The molecule has 0 aromatic carbocycles. The van der Waals surface area contributed by atoms with Gasteiger partial charge in [-0.2, -0.15) is 37.9 Å². The Labute approximate surface area is 198 Å². The van der Waals surface area contributed by atoms with Crippen LogP contribution >= 0.6 is 37.9 Å². The summed E-state index contributed by atoms with van der Waals surface area (Å²) >= 11 is 11.9. The first-order chi connectivity index (χ1) is 12.1. The summed E-state index contributed by atoms with van der Waals surface area (Å²) < 4.78 is -2.67. The molecule has 0 aliphatic heterocycles. The summed E-state index contributed by atoms with van der Waals surface area (Å²) in [6.07, 6.45) is 5.88. The van der Waals surface area contributed by atoms with Crippen LogP contribution in [0.2, 0.25) is 0 Å². The van der Waals surface area contributed by atoms with E-state index in [-0.39, 0.29) is 40.1 Å². The summed E-state index contributed by atoms with van der Waals surface area (Å²) in [6.45, 7) is 4.80. The van der Waals surface area contributed by atoms with E-state index in [1.165, 1.54) is 0 Å². The van der Waals surface area contributed by atoms with Crippen LogP contribution in [0.3, 0.4) is 0 Å². The van der Waals surface area contributed by atoms with Crippen LogP contribution in [0.15, 0.2) is 0 Å². The van der Waals surface area contributed by atoms with Gasteiger partial charge < -0.3 is 29.7 Å². The minimum Gasteiger partial charge on any atom is -0.549 e. The second-order valence-electron chi connectivity index (χ2n) is 8.13. The van der Waals surface area contributed by atoms with Crippen molar-refractivity contribution in [1.82, 2.24) is 0 Å². The van der Waals surface area contributed by atoms with Gasteiger partial charge in [0.2, 0.25) is 0 Å². The van der Waals surface area contributed by atoms with E-state index >= 15 is 0 Å². The molecule has 0 saturated heterocycles. The number of hydrogen-bond donors (Lipinski definition) is 3. The number of thiol groups is 3. The molecule has 3 rings (SSSR count). The van der Waals surface area contributed by atoms with Crippen LogP contribution in [0.1, 0.15) is 59.3 Å². The fraction of sp³-hybridized carbons (Fsp3) is 0.833. The summed E-state index contributed by atoms with van der Waals surface area (Å²) in [5.74, 6) is -2.42. The maximum absolute atomic E-state index is 10.3. The zero-order valence-corrected chi connectivity index (χ0v) is 20.9. The Morgan fingerprint density at radius 1 is 0.607 bits per heavy atom. The van der Waals surface area contributed by atoms with E-state index in [0.29, 0.717) is 0 Å². The fourth-order valence-corrected chi connectivity index (χ4v) is 3.21. The molecule has 0 spiro atoms. The van der Waals surface area contributed by atoms with E-state index in [1.807, 2.05) is 0 Å². The van der Waals surface area contributed by atoms with E-state index in [9.17, 15) is 29.7 Å². The molecule has 0 radical (unpaired) electrons. The first-order valence-corrected chi connectivity index (χ1v) is 10.3. The number of aliphatic carboxylic acids is 3. The molecule has 3 fully saturated rings. The van der Waals surface area contributed by atoms with Crippen molar-refractivity contribution >= 4 is 55.8 Å². The Bertz CT molecular complexity index is 501. The van der Waals surface area contributed by atoms with Crippen LogP contribution in [0.4, 0.5) is 0 Å².